The largest absolute Gasteiger partial charge is 0.508 e. The maximum Gasteiger partial charge on any atom is 0.325 e. The van der Waals surface area contributed by atoms with Crippen molar-refractivity contribution >= 4 is 17.8 Å². The van der Waals surface area contributed by atoms with Gasteiger partial charge >= 0.3 is 5.97 Å². The summed E-state index contributed by atoms with van der Waals surface area (Å²) in [5.41, 5.74) is 0.335. The number of methoxy groups -OCH3 is 1. The van der Waals surface area contributed by atoms with Gasteiger partial charge in [0.2, 0.25) is 11.8 Å². The number of carbonyl (C=O) groups excluding carboxylic acids is 2. The molecular formula is C34H36N2O7. The lowest BCUT2D eigenvalue weighted by Crippen LogP contribution is -2.58. The number of nitrogens with one attached hydrogen (secondary N) is 1. The number of para-hydroxylation sites is 1. The number of phenols is 1. The quantitative estimate of drug-likeness (QED) is 0.311. The van der Waals surface area contributed by atoms with Crippen LogP contribution in [0.4, 0.5) is 0 Å². The minimum Gasteiger partial charge on any atom is -0.508 e. The second-order valence-corrected chi connectivity index (χ2v) is 11.7. The number of imide groups is 1. The Bertz CT molecular complexity index is 1500. The van der Waals surface area contributed by atoms with E-state index in [4.69, 9.17) is 9.47 Å². The average molecular weight is 585 g/mol. The molecule has 43 heavy (non-hydrogen) atoms. The number of benzene rings is 3. The smallest absolute Gasteiger partial charge is 0.325 e. The summed E-state index contributed by atoms with van der Waals surface area (Å²) in [7, 11) is 1.53. The highest BCUT2D eigenvalue weighted by atomic mass is 16.5. The Morgan fingerprint density at radius 1 is 0.930 bits per heavy atom. The van der Waals surface area contributed by atoms with Gasteiger partial charge in [-0.05, 0) is 42.2 Å². The van der Waals surface area contributed by atoms with E-state index in [0.717, 1.165) is 37.7 Å². The van der Waals surface area contributed by atoms with Crippen LogP contribution in [0.1, 0.15) is 54.8 Å². The highest BCUT2D eigenvalue weighted by Gasteiger charge is 2.69. The van der Waals surface area contributed by atoms with Crippen molar-refractivity contribution in [2.75, 3.05) is 7.11 Å². The fourth-order valence-electron chi connectivity index (χ4n) is 7.18. The first-order valence-corrected chi connectivity index (χ1v) is 14.8. The van der Waals surface area contributed by atoms with Crippen LogP contribution in [-0.4, -0.2) is 51.6 Å². The van der Waals surface area contributed by atoms with Crippen molar-refractivity contribution in [2.24, 2.45) is 11.8 Å². The Balaban J connectivity index is 1.46. The minimum absolute atomic E-state index is 0.0513. The number of ether oxygens (including phenoxy) is 2. The number of rotatable bonds is 9. The van der Waals surface area contributed by atoms with Gasteiger partial charge in [0.05, 0.1) is 18.9 Å². The lowest BCUT2D eigenvalue weighted by Gasteiger charge is -2.35. The zero-order valence-corrected chi connectivity index (χ0v) is 24.1. The van der Waals surface area contributed by atoms with Crippen molar-refractivity contribution in [2.45, 2.75) is 62.8 Å². The number of nitrogens with zero attached hydrogens (tertiary/aromatic N) is 1. The first kappa shape index (κ1) is 28.7. The fraction of sp³-hybridized carbons (Fsp3) is 0.382. The maximum atomic E-state index is 14.3. The second kappa shape index (κ2) is 11.7. The van der Waals surface area contributed by atoms with E-state index in [2.05, 4.69) is 5.32 Å². The molecule has 4 unspecified atom stereocenters. The van der Waals surface area contributed by atoms with E-state index in [1.165, 1.54) is 24.1 Å². The van der Waals surface area contributed by atoms with Crippen LogP contribution in [0.25, 0.3) is 0 Å². The van der Waals surface area contributed by atoms with Gasteiger partial charge in [0.25, 0.3) is 0 Å². The molecule has 4 atom stereocenters. The molecule has 2 heterocycles. The first-order valence-electron chi connectivity index (χ1n) is 14.8. The number of carboxylic acid groups (broad SMARTS) is 1. The molecule has 3 fully saturated rings. The Hall–Kier alpha value is -4.37. The van der Waals surface area contributed by atoms with E-state index >= 15 is 0 Å². The van der Waals surface area contributed by atoms with Crippen LogP contribution in [0.3, 0.4) is 0 Å². The van der Waals surface area contributed by atoms with E-state index < -0.39 is 35.3 Å². The van der Waals surface area contributed by atoms with Crippen LogP contribution in [0.2, 0.25) is 0 Å². The van der Waals surface area contributed by atoms with Crippen LogP contribution in [-0.2, 0) is 27.4 Å². The number of carbonyl (C=O) groups is 3. The number of carboxylic acids is 1. The molecule has 2 saturated heterocycles. The molecule has 9 nitrogen and oxygen atoms in total. The highest BCUT2D eigenvalue weighted by Crippen LogP contribution is 2.53. The van der Waals surface area contributed by atoms with Gasteiger partial charge in [0.15, 0.2) is 11.5 Å². The van der Waals surface area contributed by atoms with Gasteiger partial charge in [-0.1, -0.05) is 73.9 Å². The Kier molecular flexibility index (Phi) is 7.83. The molecule has 9 heteroatoms. The molecule has 3 N–H and O–H groups in total. The zero-order chi connectivity index (χ0) is 30.1. The molecular weight excluding hydrogens is 548 g/mol. The van der Waals surface area contributed by atoms with Gasteiger partial charge in [0, 0.05) is 24.1 Å². The third-order valence-corrected chi connectivity index (χ3v) is 9.22. The molecule has 3 aliphatic rings. The third-order valence-electron chi connectivity index (χ3n) is 9.22. The van der Waals surface area contributed by atoms with Crippen molar-refractivity contribution in [3.8, 4) is 17.2 Å². The van der Waals surface area contributed by atoms with E-state index in [1.54, 1.807) is 30.3 Å². The monoisotopic (exact) mass is 584 g/mol. The van der Waals surface area contributed by atoms with Gasteiger partial charge in [-0.2, -0.15) is 0 Å². The van der Waals surface area contributed by atoms with E-state index in [0.29, 0.717) is 22.6 Å². The first-order chi connectivity index (χ1) is 20.8. The summed E-state index contributed by atoms with van der Waals surface area (Å²) in [4.78, 5) is 43.3. The molecule has 1 aliphatic carbocycles. The lowest BCUT2D eigenvalue weighted by atomic mass is 9.76. The van der Waals surface area contributed by atoms with Crippen LogP contribution < -0.4 is 14.8 Å². The summed E-state index contributed by atoms with van der Waals surface area (Å²) in [6.45, 7) is 0.230. The maximum absolute atomic E-state index is 14.3. The zero-order valence-electron chi connectivity index (χ0n) is 24.1. The van der Waals surface area contributed by atoms with Gasteiger partial charge in [-0.3, -0.25) is 24.6 Å². The van der Waals surface area contributed by atoms with Crippen LogP contribution in [0.5, 0.6) is 17.2 Å². The summed E-state index contributed by atoms with van der Waals surface area (Å²) < 4.78 is 12.0. The Morgan fingerprint density at radius 2 is 1.65 bits per heavy atom. The van der Waals surface area contributed by atoms with Gasteiger partial charge in [-0.25, -0.2) is 0 Å². The van der Waals surface area contributed by atoms with E-state index in [1.807, 2.05) is 30.3 Å². The van der Waals surface area contributed by atoms with Crippen molar-refractivity contribution in [3.05, 3.63) is 89.5 Å². The second-order valence-electron chi connectivity index (χ2n) is 11.7. The number of aliphatic carboxylic acids is 1. The normalized spacial score (nSPS) is 25.5. The molecule has 2 aliphatic heterocycles. The summed E-state index contributed by atoms with van der Waals surface area (Å²) in [6, 6.07) is 20.2. The van der Waals surface area contributed by atoms with Crippen molar-refractivity contribution < 1.29 is 34.1 Å². The number of aromatic hydroxyl groups is 1. The molecule has 224 valence electrons. The molecule has 3 aromatic carbocycles. The molecule has 0 aromatic heterocycles. The number of likely N-dealkylation sites (tertiary alicyclic amines) is 1. The summed E-state index contributed by atoms with van der Waals surface area (Å²) >= 11 is 0. The van der Waals surface area contributed by atoms with Gasteiger partial charge in [-0.15, -0.1) is 0 Å². The molecule has 6 rings (SSSR count). The van der Waals surface area contributed by atoms with E-state index in [-0.39, 0.29) is 30.7 Å². The Morgan fingerprint density at radius 3 is 2.33 bits per heavy atom. The molecule has 3 aromatic rings. The van der Waals surface area contributed by atoms with Crippen LogP contribution in [0.15, 0.2) is 72.8 Å². The van der Waals surface area contributed by atoms with Crippen molar-refractivity contribution in [1.82, 2.24) is 10.2 Å². The molecule has 0 bridgehead atoms. The summed E-state index contributed by atoms with van der Waals surface area (Å²) in [6.07, 6.45) is 4.28. The topological polar surface area (TPSA) is 125 Å². The molecule has 0 radical (unpaired) electrons. The van der Waals surface area contributed by atoms with Gasteiger partial charge in [0.1, 0.15) is 17.9 Å². The standard InChI is InChI=1S/C34H36N2O7/c1-42-26-14-8-13-25(30(26)43-20-22-9-4-2-5-10-22)29-27-28(32(39)36(31(27)38)23-11-6-3-7-12-23)34(35-29,33(40)41)19-21-15-17-24(37)18-16-21/h2,4-5,8-10,13-18,23,27-29,35,37H,3,6-7,11-12,19-20H2,1H3,(H,40,41). The summed E-state index contributed by atoms with van der Waals surface area (Å²) in [5.74, 6) is -3.18. The van der Waals surface area contributed by atoms with Gasteiger partial charge < -0.3 is 19.7 Å². The fourth-order valence-corrected chi connectivity index (χ4v) is 7.18. The third kappa shape index (κ3) is 5.12. The van der Waals surface area contributed by atoms with Crippen LogP contribution in [0, 0.1) is 11.8 Å². The number of fused-ring (bicyclic) bond motifs is 1. The minimum atomic E-state index is -1.78. The SMILES string of the molecule is COc1cccc(C2NC(Cc3ccc(O)cc3)(C(=O)O)C3C(=O)N(C4CCCCC4)C(=O)C23)c1OCc1ccccc1. The van der Waals surface area contributed by atoms with Crippen molar-refractivity contribution in [1.29, 1.82) is 0 Å². The summed E-state index contributed by atoms with van der Waals surface area (Å²) in [5, 5.41) is 24.0. The van der Waals surface area contributed by atoms with E-state index in [9.17, 15) is 24.6 Å². The molecule has 0 spiro atoms. The van der Waals surface area contributed by atoms with Crippen LogP contribution >= 0.6 is 0 Å². The van der Waals surface area contributed by atoms with Crippen molar-refractivity contribution in [3.63, 3.8) is 0 Å². The highest BCUT2D eigenvalue weighted by molar-refractivity contribution is 6.10. The lowest BCUT2D eigenvalue weighted by molar-refractivity contribution is -0.152. The molecule has 2 amide bonds. The number of hydrogen-bond donors (Lipinski definition) is 3. The number of amides is 2. The number of hydrogen-bond acceptors (Lipinski definition) is 7. The molecule has 1 saturated carbocycles. The number of phenolic OH excluding ortho intramolecular Hbond substituents is 1. The average Bonchev–Trinajstić information content (AvgIpc) is 3.51. The Labute approximate surface area is 250 Å². The predicted molar refractivity (Wildman–Crippen MR) is 158 cm³/mol. The predicted octanol–water partition coefficient (Wildman–Crippen LogP) is 4.62.